The first-order chi connectivity index (χ1) is 28.3. The summed E-state index contributed by atoms with van der Waals surface area (Å²) in [5, 5.41) is 16.8. The molecule has 0 aliphatic carbocycles. The lowest BCUT2D eigenvalue weighted by Crippen LogP contribution is -2.50. The molecule has 1 N–H and O–H groups in total. The monoisotopic (exact) mass is 807 g/mol. The van der Waals surface area contributed by atoms with Gasteiger partial charge in [0.2, 0.25) is 5.82 Å². The fraction of sp³-hybridized carbons (Fsp3) is 0.455. The molecule has 2 aromatic carbocycles. The molecule has 3 aromatic heterocycles. The van der Waals surface area contributed by atoms with Gasteiger partial charge in [-0.25, -0.2) is 24.3 Å². The minimum atomic E-state index is -1.18. The van der Waals surface area contributed by atoms with Crippen LogP contribution in [0.2, 0.25) is 0 Å². The molecule has 1 fully saturated rings. The number of ether oxygens (including phenoxy) is 3. The number of nitrogens with zero attached hydrogens (tertiary/aromatic N) is 9. The summed E-state index contributed by atoms with van der Waals surface area (Å²) in [6.45, 7) is 15.8. The van der Waals surface area contributed by atoms with Crippen molar-refractivity contribution < 1.29 is 28.9 Å². The van der Waals surface area contributed by atoms with Gasteiger partial charge in [-0.1, -0.05) is 38.1 Å². The Bertz CT molecular complexity index is 2140. The Morgan fingerprint density at radius 2 is 1.42 bits per heavy atom. The minimum absolute atomic E-state index is 0.00508. The second-order valence-electron chi connectivity index (χ2n) is 15.8. The van der Waals surface area contributed by atoms with E-state index in [4.69, 9.17) is 34.3 Å². The van der Waals surface area contributed by atoms with Crippen molar-refractivity contribution in [1.82, 2.24) is 34.4 Å². The van der Waals surface area contributed by atoms with E-state index < -0.39 is 11.7 Å². The number of rotatable bonds is 15. The number of fused-ring (bicyclic) bond motifs is 1. The highest BCUT2D eigenvalue weighted by atomic mass is 16.6. The van der Waals surface area contributed by atoms with Gasteiger partial charge in [0, 0.05) is 64.1 Å². The smallest absolute Gasteiger partial charge is 0.410 e. The average Bonchev–Trinajstić information content (AvgIpc) is 3.66. The van der Waals surface area contributed by atoms with Gasteiger partial charge < -0.3 is 38.9 Å². The Kier molecular flexibility index (Phi) is 13.5. The van der Waals surface area contributed by atoms with Crippen LogP contribution < -0.4 is 19.3 Å². The summed E-state index contributed by atoms with van der Waals surface area (Å²) >= 11 is 0. The third kappa shape index (κ3) is 10.2. The Morgan fingerprint density at radius 1 is 0.847 bits per heavy atom. The molecule has 0 saturated carbocycles. The van der Waals surface area contributed by atoms with Crippen molar-refractivity contribution in [1.29, 1.82) is 0 Å². The van der Waals surface area contributed by atoms with Crippen LogP contribution in [0, 0.1) is 6.92 Å². The van der Waals surface area contributed by atoms with E-state index in [1.165, 1.54) is 0 Å². The van der Waals surface area contributed by atoms with Gasteiger partial charge in [-0.3, -0.25) is 4.79 Å². The number of pyridine rings is 1. The second kappa shape index (κ2) is 18.7. The number of benzene rings is 2. The molecule has 59 heavy (non-hydrogen) atoms. The molecule has 5 aromatic rings. The number of anilines is 2. The molecular formula is C44H57N9O6. The second-order valence-corrected chi connectivity index (χ2v) is 15.8. The number of aliphatic hydroxyl groups excluding tert-OH is 1. The highest BCUT2D eigenvalue weighted by Crippen LogP contribution is 2.31. The van der Waals surface area contributed by atoms with Crippen LogP contribution in [0.4, 0.5) is 16.4 Å². The van der Waals surface area contributed by atoms with Crippen LogP contribution >= 0.6 is 0 Å². The van der Waals surface area contributed by atoms with E-state index in [1.54, 1.807) is 40.9 Å². The van der Waals surface area contributed by atoms with Crippen LogP contribution in [0.3, 0.4) is 0 Å². The number of aliphatic hydroxyl groups is 1. The summed E-state index contributed by atoms with van der Waals surface area (Å²) < 4.78 is 18.0. The summed E-state index contributed by atoms with van der Waals surface area (Å²) in [6.07, 6.45) is 3.29. The lowest BCUT2D eigenvalue weighted by molar-refractivity contribution is 0.0240. The number of hydrogen-bond acceptors (Lipinski definition) is 12. The number of carbonyl (C=O) groups is 2. The topological polar surface area (TPSA) is 151 Å². The zero-order valence-electron chi connectivity index (χ0n) is 35.5. The zero-order chi connectivity index (χ0) is 42.3. The number of imidazole rings is 1. The summed E-state index contributed by atoms with van der Waals surface area (Å²) in [4.78, 5) is 49.1. The first-order valence-corrected chi connectivity index (χ1v) is 20.3. The quantitative estimate of drug-likeness (QED) is 0.124. The highest BCUT2D eigenvalue weighted by molar-refractivity contribution is 5.91. The van der Waals surface area contributed by atoms with Crippen LogP contribution in [0.25, 0.3) is 5.65 Å². The summed E-state index contributed by atoms with van der Waals surface area (Å²) in [5.41, 5.74) is 3.58. The van der Waals surface area contributed by atoms with Gasteiger partial charge in [-0.05, 0) is 87.6 Å². The van der Waals surface area contributed by atoms with Gasteiger partial charge in [0.25, 0.3) is 5.91 Å². The Morgan fingerprint density at radius 3 is 1.93 bits per heavy atom. The number of amides is 2. The molecule has 2 amide bonds. The van der Waals surface area contributed by atoms with Crippen molar-refractivity contribution in [2.24, 2.45) is 0 Å². The van der Waals surface area contributed by atoms with E-state index in [0.717, 1.165) is 46.8 Å². The molecule has 1 aliphatic heterocycles. The first-order valence-electron chi connectivity index (χ1n) is 20.3. The molecule has 6 rings (SSSR count). The van der Waals surface area contributed by atoms with Crippen LogP contribution in [0.5, 0.6) is 11.5 Å². The molecule has 1 aliphatic rings. The van der Waals surface area contributed by atoms with Gasteiger partial charge in [0.1, 0.15) is 29.0 Å². The third-order valence-corrected chi connectivity index (χ3v) is 10.1. The number of hydrogen-bond donors (Lipinski definition) is 1. The van der Waals surface area contributed by atoms with E-state index >= 15 is 0 Å². The molecule has 0 spiro atoms. The predicted molar refractivity (Wildman–Crippen MR) is 226 cm³/mol. The molecule has 1 saturated heterocycles. The highest BCUT2D eigenvalue weighted by Gasteiger charge is 2.29. The number of aryl methyl sites for hydroxylation is 1. The maximum absolute atomic E-state index is 14.2. The molecule has 0 radical (unpaired) electrons. The summed E-state index contributed by atoms with van der Waals surface area (Å²) in [5.74, 6) is 2.41. The standard InChI is InChI=1S/C44H57N9O6/c1-9-19-50(20-10-2)42(55)38-47-41(52(28-31-11-15-34(57-7)16-12-31)29-32-13-17-35(58-8)18-14-32)40-46-27-36(53(40)48-38)37(54)33-25-30(3)39(45-26-33)49-21-23-51(24-22-49)43(56)59-44(4,5)6/h11-18,25-27,37,54H,9-10,19-24,28-29H2,1-8H3. The van der Waals surface area contributed by atoms with Crippen molar-refractivity contribution in [3.63, 3.8) is 0 Å². The fourth-order valence-electron chi connectivity index (χ4n) is 7.15. The molecule has 1 atom stereocenters. The van der Waals surface area contributed by atoms with Gasteiger partial charge in [-0.15, -0.1) is 5.10 Å². The molecule has 314 valence electrons. The molecular weight excluding hydrogens is 751 g/mol. The maximum atomic E-state index is 14.2. The Labute approximate surface area is 346 Å². The Balaban J connectivity index is 1.37. The van der Waals surface area contributed by atoms with Crippen LogP contribution in [-0.4, -0.2) is 111 Å². The van der Waals surface area contributed by atoms with E-state index in [-0.39, 0.29) is 17.8 Å². The molecule has 4 heterocycles. The first kappa shape index (κ1) is 42.6. The fourth-order valence-corrected chi connectivity index (χ4v) is 7.15. The van der Waals surface area contributed by atoms with Gasteiger partial charge in [0.05, 0.1) is 26.1 Å². The molecule has 15 heteroatoms. The van der Waals surface area contributed by atoms with Crippen molar-refractivity contribution in [2.45, 2.75) is 79.2 Å². The molecule has 1 unspecified atom stereocenters. The van der Waals surface area contributed by atoms with Crippen molar-refractivity contribution in [2.75, 3.05) is 63.3 Å². The zero-order valence-corrected chi connectivity index (χ0v) is 35.5. The number of carbonyl (C=O) groups excluding carboxylic acids is 2. The van der Waals surface area contributed by atoms with Crippen LogP contribution in [0.1, 0.15) is 92.1 Å². The largest absolute Gasteiger partial charge is 0.497 e. The average molecular weight is 808 g/mol. The van der Waals surface area contributed by atoms with Gasteiger partial charge in [0.15, 0.2) is 11.5 Å². The summed E-state index contributed by atoms with van der Waals surface area (Å²) in [6, 6.07) is 17.5. The minimum Gasteiger partial charge on any atom is -0.497 e. The van der Waals surface area contributed by atoms with E-state index in [2.05, 4.69) is 9.80 Å². The van der Waals surface area contributed by atoms with E-state index in [1.807, 2.05) is 96.1 Å². The van der Waals surface area contributed by atoms with Crippen molar-refractivity contribution >= 4 is 29.3 Å². The van der Waals surface area contributed by atoms with Crippen molar-refractivity contribution in [3.05, 3.63) is 101 Å². The van der Waals surface area contributed by atoms with Crippen molar-refractivity contribution in [3.8, 4) is 11.5 Å². The summed E-state index contributed by atoms with van der Waals surface area (Å²) in [7, 11) is 3.27. The number of aromatic nitrogens is 5. The van der Waals surface area contributed by atoms with Crippen LogP contribution in [0.15, 0.2) is 67.0 Å². The predicted octanol–water partition coefficient (Wildman–Crippen LogP) is 6.45. The molecule has 15 nitrogen and oxygen atoms in total. The number of piperazine rings is 1. The normalized spacial score (nSPS) is 13.6. The maximum Gasteiger partial charge on any atom is 0.410 e. The lowest BCUT2D eigenvalue weighted by Gasteiger charge is -2.36. The van der Waals surface area contributed by atoms with Gasteiger partial charge >= 0.3 is 6.09 Å². The van der Waals surface area contributed by atoms with Crippen LogP contribution in [-0.2, 0) is 17.8 Å². The number of methoxy groups -OCH3 is 2. The van der Waals surface area contributed by atoms with E-state index in [9.17, 15) is 14.7 Å². The van der Waals surface area contributed by atoms with E-state index in [0.29, 0.717) is 75.1 Å². The third-order valence-electron chi connectivity index (χ3n) is 10.1. The van der Waals surface area contributed by atoms with Gasteiger partial charge in [-0.2, -0.15) is 0 Å². The molecule has 0 bridgehead atoms. The Hall–Kier alpha value is -5.96. The lowest BCUT2D eigenvalue weighted by atomic mass is 10.1. The SMILES string of the molecule is CCCN(CCC)C(=O)c1nc(N(Cc2ccc(OC)cc2)Cc2ccc(OC)cc2)c2ncc(C(O)c3cnc(N4CCN(C(=O)OC(C)(C)C)CC4)c(C)c3)n2n1.